The first-order valence-corrected chi connectivity index (χ1v) is 5.58. The standard InChI is InChI=1S/C11H17N5O2/c12-7-5-8(10(14)18)11(16-6-7)15-4-2-1-3-9(13)17/h5-6H,1-4,12H2,(H2,13,17)(H2,14,18)(H,15,16). The van der Waals surface area contributed by atoms with Crippen molar-refractivity contribution in [1.29, 1.82) is 0 Å². The van der Waals surface area contributed by atoms with Gasteiger partial charge >= 0.3 is 0 Å². The number of carbonyl (C=O) groups excluding carboxylic acids is 2. The smallest absolute Gasteiger partial charge is 0.252 e. The lowest BCUT2D eigenvalue weighted by atomic mass is 10.2. The molecule has 1 heterocycles. The van der Waals surface area contributed by atoms with Crippen LogP contribution in [0.25, 0.3) is 0 Å². The quantitative estimate of drug-likeness (QED) is 0.498. The van der Waals surface area contributed by atoms with Gasteiger partial charge in [-0.15, -0.1) is 0 Å². The molecular weight excluding hydrogens is 234 g/mol. The Morgan fingerprint density at radius 2 is 2.00 bits per heavy atom. The molecule has 0 radical (unpaired) electrons. The molecule has 7 heteroatoms. The van der Waals surface area contributed by atoms with Crippen LogP contribution in [0, 0.1) is 0 Å². The largest absolute Gasteiger partial charge is 0.397 e. The van der Waals surface area contributed by atoms with E-state index in [0.717, 1.165) is 6.42 Å². The monoisotopic (exact) mass is 251 g/mol. The van der Waals surface area contributed by atoms with Gasteiger partial charge in [-0.3, -0.25) is 9.59 Å². The van der Waals surface area contributed by atoms with Crippen LogP contribution in [0.3, 0.4) is 0 Å². The van der Waals surface area contributed by atoms with Crippen LogP contribution in [0.2, 0.25) is 0 Å². The second-order valence-electron chi connectivity index (χ2n) is 3.88. The first-order chi connectivity index (χ1) is 8.50. The summed E-state index contributed by atoms with van der Waals surface area (Å²) in [5.74, 6) is -0.511. The van der Waals surface area contributed by atoms with Gasteiger partial charge in [-0.05, 0) is 18.9 Å². The summed E-state index contributed by atoms with van der Waals surface area (Å²) in [5.41, 5.74) is 16.4. The van der Waals surface area contributed by atoms with Crippen molar-refractivity contribution in [2.45, 2.75) is 19.3 Å². The molecule has 7 N–H and O–H groups in total. The molecule has 1 aromatic rings. The second-order valence-corrected chi connectivity index (χ2v) is 3.88. The molecule has 0 saturated heterocycles. The lowest BCUT2D eigenvalue weighted by molar-refractivity contribution is -0.118. The molecule has 0 aliphatic rings. The van der Waals surface area contributed by atoms with Gasteiger partial charge in [0.15, 0.2) is 0 Å². The van der Waals surface area contributed by atoms with Gasteiger partial charge < -0.3 is 22.5 Å². The van der Waals surface area contributed by atoms with Crippen molar-refractivity contribution in [2.75, 3.05) is 17.6 Å². The fraction of sp³-hybridized carbons (Fsp3) is 0.364. The molecule has 0 fully saturated rings. The van der Waals surface area contributed by atoms with Crippen LogP contribution in [0.15, 0.2) is 12.3 Å². The summed E-state index contributed by atoms with van der Waals surface area (Å²) in [6.07, 6.45) is 3.22. The highest BCUT2D eigenvalue weighted by Crippen LogP contribution is 2.14. The Morgan fingerprint density at radius 3 is 2.61 bits per heavy atom. The first-order valence-electron chi connectivity index (χ1n) is 5.58. The van der Waals surface area contributed by atoms with Gasteiger partial charge in [-0.1, -0.05) is 0 Å². The van der Waals surface area contributed by atoms with E-state index in [-0.39, 0.29) is 11.5 Å². The number of rotatable bonds is 7. The number of aromatic nitrogens is 1. The summed E-state index contributed by atoms with van der Waals surface area (Å²) in [4.78, 5) is 25.7. The number of nitrogens with zero attached hydrogens (tertiary/aromatic N) is 1. The predicted octanol–water partition coefficient (Wildman–Crippen LogP) is -0.170. The van der Waals surface area contributed by atoms with E-state index >= 15 is 0 Å². The van der Waals surface area contributed by atoms with E-state index in [4.69, 9.17) is 17.2 Å². The lowest BCUT2D eigenvalue weighted by Gasteiger charge is -2.09. The van der Waals surface area contributed by atoms with E-state index in [9.17, 15) is 9.59 Å². The zero-order valence-electron chi connectivity index (χ0n) is 9.98. The third-order valence-electron chi connectivity index (χ3n) is 2.32. The number of hydrogen-bond acceptors (Lipinski definition) is 5. The van der Waals surface area contributed by atoms with Crippen molar-refractivity contribution in [3.05, 3.63) is 17.8 Å². The molecule has 0 atom stereocenters. The highest BCUT2D eigenvalue weighted by atomic mass is 16.1. The SMILES string of the molecule is NC(=O)CCCCNc1ncc(N)cc1C(N)=O. The normalized spacial score (nSPS) is 10.0. The maximum absolute atomic E-state index is 11.2. The number of carbonyl (C=O) groups is 2. The minimum atomic E-state index is -0.588. The Bertz CT molecular complexity index is 447. The molecule has 1 aromatic heterocycles. The molecule has 7 nitrogen and oxygen atoms in total. The molecule has 0 saturated carbocycles. The highest BCUT2D eigenvalue weighted by molar-refractivity contribution is 5.98. The van der Waals surface area contributed by atoms with E-state index in [2.05, 4.69) is 10.3 Å². The molecule has 98 valence electrons. The minimum absolute atomic E-state index is 0.255. The number of primary amides is 2. The molecular formula is C11H17N5O2. The Hall–Kier alpha value is -2.31. The summed E-state index contributed by atoms with van der Waals surface area (Å²) < 4.78 is 0. The summed E-state index contributed by atoms with van der Waals surface area (Å²) in [6.45, 7) is 0.574. The van der Waals surface area contributed by atoms with E-state index in [0.29, 0.717) is 30.9 Å². The summed E-state index contributed by atoms with van der Waals surface area (Å²) in [7, 11) is 0. The van der Waals surface area contributed by atoms with Crippen molar-refractivity contribution in [3.8, 4) is 0 Å². The average molecular weight is 251 g/mol. The Balaban J connectivity index is 2.51. The second kappa shape index (κ2) is 6.43. The fourth-order valence-corrected chi connectivity index (χ4v) is 1.44. The maximum Gasteiger partial charge on any atom is 0.252 e. The van der Waals surface area contributed by atoms with Crippen molar-refractivity contribution < 1.29 is 9.59 Å². The first kappa shape index (κ1) is 13.8. The van der Waals surface area contributed by atoms with Crippen LogP contribution in [0.5, 0.6) is 0 Å². The number of nitrogens with one attached hydrogen (secondary N) is 1. The van der Waals surface area contributed by atoms with Crippen LogP contribution in [0.4, 0.5) is 11.5 Å². The number of amides is 2. The summed E-state index contributed by atoms with van der Waals surface area (Å²) in [5, 5.41) is 2.98. The Labute approximate surface area is 105 Å². The number of pyridine rings is 1. The minimum Gasteiger partial charge on any atom is -0.397 e. The van der Waals surface area contributed by atoms with Gasteiger partial charge in [-0.25, -0.2) is 4.98 Å². The molecule has 0 aliphatic carbocycles. The molecule has 0 aromatic carbocycles. The summed E-state index contributed by atoms with van der Waals surface area (Å²) >= 11 is 0. The number of hydrogen-bond donors (Lipinski definition) is 4. The fourth-order valence-electron chi connectivity index (χ4n) is 1.44. The number of unbranched alkanes of at least 4 members (excludes halogenated alkanes) is 1. The third-order valence-corrected chi connectivity index (χ3v) is 2.32. The Morgan fingerprint density at radius 1 is 1.28 bits per heavy atom. The van der Waals surface area contributed by atoms with Crippen LogP contribution in [-0.2, 0) is 4.79 Å². The average Bonchev–Trinajstić information content (AvgIpc) is 2.29. The molecule has 0 aliphatic heterocycles. The molecule has 0 spiro atoms. The van der Waals surface area contributed by atoms with Gasteiger partial charge in [0.1, 0.15) is 5.82 Å². The van der Waals surface area contributed by atoms with Gasteiger partial charge in [0.2, 0.25) is 5.91 Å². The van der Waals surface area contributed by atoms with E-state index < -0.39 is 5.91 Å². The predicted molar refractivity (Wildman–Crippen MR) is 68.7 cm³/mol. The molecule has 1 rings (SSSR count). The number of anilines is 2. The van der Waals surface area contributed by atoms with Crippen molar-refractivity contribution in [3.63, 3.8) is 0 Å². The van der Waals surface area contributed by atoms with Crippen LogP contribution >= 0.6 is 0 Å². The topological polar surface area (TPSA) is 137 Å². The van der Waals surface area contributed by atoms with Crippen LogP contribution < -0.4 is 22.5 Å². The number of nitrogens with two attached hydrogens (primary N) is 3. The molecule has 0 bridgehead atoms. The highest BCUT2D eigenvalue weighted by Gasteiger charge is 2.09. The summed E-state index contributed by atoms with van der Waals surface area (Å²) in [6, 6.07) is 1.47. The molecule has 2 amide bonds. The van der Waals surface area contributed by atoms with Crippen molar-refractivity contribution in [2.24, 2.45) is 11.5 Å². The van der Waals surface area contributed by atoms with Crippen molar-refractivity contribution in [1.82, 2.24) is 4.98 Å². The van der Waals surface area contributed by atoms with Crippen molar-refractivity contribution >= 4 is 23.3 Å². The number of nitrogen functional groups attached to an aromatic ring is 1. The molecule has 0 unspecified atom stereocenters. The van der Waals surface area contributed by atoms with E-state index in [1.807, 2.05) is 0 Å². The lowest BCUT2D eigenvalue weighted by Crippen LogP contribution is -2.17. The van der Waals surface area contributed by atoms with Gasteiger partial charge in [0.05, 0.1) is 17.4 Å². The van der Waals surface area contributed by atoms with E-state index in [1.165, 1.54) is 12.3 Å². The van der Waals surface area contributed by atoms with Gasteiger partial charge in [-0.2, -0.15) is 0 Å². The van der Waals surface area contributed by atoms with Crippen LogP contribution in [0.1, 0.15) is 29.6 Å². The van der Waals surface area contributed by atoms with E-state index in [1.54, 1.807) is 0 Å². The zero-order valence-corrected chi connectivity index (χ0v) is 9.98. The van der Waals surface area contributed by atoms with Gasteiger partial charge in [0.25, 0.3) is 5.91 Å². The maximum atomic E-state index is 11.2. The molecule has 18 heavy (non-hydrogen) atoms. The third kappa shape index (κ3) is 4.28. The van der Waals surface area contributed by atoms with Crippen LogP contribution in [-0.4, -0.2) is 23.3 Å². The Kier molecular flexibility index (Phi) is 4.91. The zero-order chi connectivity index (χ0) is 13.5. The van der Waals surface area contributed by atoms with Gasteiger partial charge in [0, 0.05) is 13.0 Å².